The van der Waals surface area contributed by atoms with Crippen LogP contribution in [0.5, 0.6) is 0 Å². The average molecular weight is 291 g/mol. The molecule has 3 amide bonds. The molecule has 0 bridgehead atoms. The molecule has 0 spiro atoms. The van der Waals surface area contributed by atoms with Gasteiger partial charge in [-0.2, -0.15) is 0 Å². The van der Waals surface area contributed by atoms with Crippen molar-refractivity contribution >= 4 is 23.6 Å². The van der Waals surface area contributed by atoms with Crippen molar-refractivity contribution in [1.29, 1.82) is 0 Å². The summed E-state index contributed by atoms with van der Waals surface area (Å²) in [7, 11) is 0. The Balaban J connectivity index is 1.97. The van der Waals surface area contributed by atoms with Gasteiger partial charge in [0.15, 0.2) is 0 Å². The highest BCUT2D eigenvalue weighted by Gasteiger charge is 2.23. The summed E-state index contributed by atoms with van der Waals surface area (Å²) in [5.41, 5.74) is 0.760. The highest BCUT2D eigenvalue weighted by atomic mass is 16.4. The number of carbonyl (C=O) groups is 3. The van der Waals surface area contributed by atoms with Crippen LogP contribution in [-0.2, 0) is 4.79 Å². The van der Waals surface area contributed by atoms with E-state index in [9.17, 15) is 14.4 Å². The van der Waals surface area contributed by atoms with Gasteiger partial charge in [0.2, 0.25) is 0 Å². The van der Waals surface area contributed by atoms with Gasteiger partial charge in [0.25, 0.3) is 5.91 Å². The first-order valence-electron chi connectivity index (χ1n) is 6.67. The summed E-state index contributed by atoms with van der Waals surface area (Å²) in [6.07, 6.45) is 1.98. The van der Waals surface area contributed by atoms with Crippen molar-refractivity contribution in [2.24, 2.45) is 0 Å². The fourth-order valence-corrected chi connectivity index (χ4v) is 1.66. The molecular formula is C14H17N3O4. The van der Waals surface area contributed by atoms with Gasteiger partial charge in [-0.3, -0.25) is 9.59 Å². The molecule has 1 atom stereocenters. The zero-order valence-electron chi connectivity index (χ0n) is 11.6. The van der Waals surface area contributed by atoms with Crippen LogP contribution in [0.25, 0.3) is 0 Å². The Morgan fingerprint density at radius 1 is 1.29 bits per heavy atom. The number of hydrogen-bond acceptors (Lipinski definition) is 3. The number of carbonyl (C=O) groups excluding carboxylic acids is 2. The Kier molecular flexibility index (Phi) is 4.42. The summed E-state index contributed by atoms with van der Waals surface area (Å²) < 4.78 is 0. The van der Waals surface area contributed by atoms with Gasteiger partial charge in [-0.05, 0) is 38.0 Å². The lowest BCUT2D eigenvalue weighted by atomic mass is 10.1. The summed E-state index contributed by atoms with van der Waals surface area (Å²) in [5.74, 6) is -1.61. The van der Waals surface area contributed by atoms with E-state index in [1.807, 2.05) is 0 Å². The molecule has 1 aromatic carbocycles. The minimum atomic E-state index is -1.11. The molecule has 0 aliphatic heterocycles. The van der Waals surface area contributed by atoms with Gasteiger partial charge in [0.05, 0.1) is 0 Å². The third-order valence-corrected chi connectivity index (χ3v) is 3.01. The van der Waals surface area contributed by atoms with Crippen LogP contribution in [-0.4, -0.2) is 35.1 Å². The fraction of sp³-hybridized carbons (Fsp3) is 0.357. The van der Waals surface area contributed by atoms with Gasteiger partial charge in [-0.15, -0.1) is 0 Å². The molecule has 112 valence electrons. The van der Waals surface area contributed by atoms with Crippen LogP contribution in [0.3, 0.4) is 0 Å². The van der Waals surface area contributed by atoms with Gasteiger partial charge in [-0.25, -0.2) is 4.79 Å². The summed E-state index contributed by atoms with van der Waals surface area (Å²) in [4.78, 5) is 34.2. The molecule has 2 rings (SSSR count). The van der Waals surface area contributed by atoms with E-state index in [1.165, 1.54) is 13.0 Å². The van der Waals surface area contributed by atoms with Crippen molar-refractivity contribution in [3.8, 4) is 0 Å². The topological polar surface area (TPSA) is 108 Å². The number of carboxylic acids is 1. The smallest absolute Gasteiger partial charge is 0.325 e. The van der Waals surface area contributed by atoms with E-state index >= 15 is 0 Å². The minimum absolute atomic E-state index is 0.243. The summed E-state index contributed by atoms with van der Waals surface area (Å²) in [6, 6.07) is 5.27. The number of nitrogens with one attached hydrogen (secondary N) is 3. The van der Waals surface area contributed by atoms with E-state index in [0.717, 1.165) is 12.8 Å². The second kappa shape index (κ2) is 6.25. The molecule has 4 N–H and O–H groups in total. The molecule has 7 heteroatoms. The lowest BCUT2D eigenvalue weighted by Gasteiger charge is -2.11. The van der Waals surface area contributed by atoms with Crippen molar-refractivity contribution in [2.75, 3.05) is 5.32 Å². The van der Waals surface area contributed by atoms with Gasteiger partial charge >= 0.3 is 12.0 Å². The number of amides is 3. The fourth-order valence-electron chi connectivity index (χ4n) is 1.66. The van der Waals surface area contributed by atoms with Crippen molar-refractivity contribution in [3.05, 3.63) is 29.8 Å². The van der Waals surface area contributed by atoms with Crippen LogP contribution >= 0.6 is 0 Å². The monoisotopic (exact) mass is 291 g/mol. The quantitative estimate of drug-likeness (QED) is 0.653. The molecule has 1 aromatic rings. The molecule has 7 nitrogen and oxygen atoms in total. The summed E-state index contributed by atoms with van der Waals surface area (Å²) >= 11 is 0. The molecule has 0 aromatic heterocycles. The number of urea groups is 1. The first-order valence-corrected chi connectivity index (χ1v) is 6.67. The van der Waals surface area contributed by atoms with Crippen LogP contribution in [0.1, 0.15) is 30.1 Å². The maximum absolute atomic E-state index is 11.9. The maximum Gasteiger partial charge on any atom is 0.325 e. The molecular weight excluding hydrogens is 274 g/mol. The maximum atomic E-state index is 11.9. The van der Waals surface area contributed by atoms with Gasteiger partial charge in [0.1, 0.15) is 6.04 Å². The second-order valence-corrected chi connectivity index (χ2v) is 4.99. The number of carboxylic acid groups (broad SMARTS) is 1. The Morgan fingerprint density at radius 3 is 2.62 bits per heavy atom. The Hall–Kier alpha value is -2.57. The van der Waals surface area contributed by atoms with Gasteiger partial charge < -0.3 is 21.1 Å². The molecule has 1 saturated carbocycles. The second-order valence-electron chi connectivity index (χ2n) is 4.99. The predicted octanol–water partition coefficient (Wildman–Crippen LogP) is 1.17. The van der Waals surface area contributed by atoms with Gasteiger partial charge in [-0.1, -0.05) is 6.07 Å². The van der Waals surface area contributed by atoms with E-state index in [2.05, 4.69) is 16.0 Å². The molecule has 1 aliphatic rings. The number of rotatable bonds is 5. The predicted molar refractivity (Wildman–Crippen MR) is 76.2 cm³/mol. The van der Waals surface area contributed by atoms with E-state index in [0.29, 0.717) is 5.69 Å². The van der Waals surface area contributed by atoms with Crippen molar-refractivity contribution in [3.63, 3.8) is 0 Å². The van der Waals surface area contributed by atoms with E-state index in [4.69, 9.17) is 5.11 Å². The average Bonchev–Trinajstić information content (AvgIpc) is 3.22. The molecule has 1 aliphatic carbocycles. The highest BCUT2D eigenvalue weighted by Crippen LogP contribution is 2.19. The summed E-state index contributed by atoms with van der Waals surface area (Å²) in [6.45, 7) is 1.38. The molecule has 21 heavy (non-hydrogen) atoms. The zero-order valence-corrected chi connectivity index (χ0v) is 11.6. The molecule has 1 fully saturated rings. The standard InChI is InChI=1S/C14H17N3O4/c1-8(13(19)20)15-12(18)9-3-2-4-11(7-9)17-14(21)16-10-5-6-10/h2-4,7-8,10H,5-6H2,1H3,(H,15,18)(H,19,20)(H2,16,17,21)/t8-/m1/s1. The number of hydrogen-bond donors (Lipinski definition) is 4. The minimum Gasteiger partial charge on any atom is -0.480 e. The Bertz CT molecular complexity index is 569. The van der Waals surface area contributed by atoms with E-state index in [-0.39, 0.29) is 17.6 Å². The highest BCUT2D eigenvalue weighted by molar-refractivity contribution is 5.98. The third kappa shape index (κ3) is 4.48. The molecule has 0 unspecified atom stereocenters. The van der Waals surface area contributed by atoms with Gasteiger partial charge in [0, 0.05) is 17.3 Å². The molecule has 0 saturated heterocycles. The lowest BCUT2D eigenvalue weighted by molar-refractivity contribution is -0.138. The first-order chi connectivity index (χ1) is 9.95. The molecule has 0 heterocycles. The van der Waals surface area contributed by atoms with Crippen molar-refractivity contribution in [1.82, 2.24) is 10.6 Å². The van der Waals surface area contributed by atoms with Crippen molar-refractivity contribution < 1.29 is 19.5 Å². The third-order valence-electron chi connectivity index (χ3n) is 3.01. The van der Waals surface area contributed by atoms with E-state index < -0.39 is 17.9 Å². The largest absolute Gasteiger partial charge is 0.480 e. The number of anilines is 1. The van der Waals surface area contributed by atoms with Crippen LogP contribution in [0.2, 0.25) is 0 Å². The van der Waals surface area contributed by atoms with Crippen LogP contribution in [0.15, 0.2) is 24.3 Å². The zero-order chi connectivity index (χ0) is 15.4. The Morgan fingerprint density at radius 2 is 2.00 bits per heavy atom. The number of aliphatic carboxylic acids is 1. The van der Waals surface area contributed by atoms with Crippen molar-refractivity contribution in [2.45, 2.75) is 31.8 Å². The van der Waals surface area contributed by atoms with Crippen LogP contribution < -0.4 is 16.0 Å². The molecule has 0 radical (unpaired) electrons. The number of benzene rings is 1. The SMILES string of the molecule is C[C@@H](NC(=O)c1cccc(NC(=O)NC2CC2)c1)C(=O)O. The van der Waals surface area contributed by atoms with Crippen LogP contribution in [0.4, 0.5) is 10.5 Å². The normalized spacial score (nSPS) is 14.9. The first kappa shape index (κ1) is 14.8. The summed E-state index contributed by atoms with van der Waals surface area (Å²) in [5, 5.41) is 16.5. The lowest BCUT2D eigenvalue weighted by Crippen LogP contribution is -2.38. The van der Waals surface area contributed by atoms with E-state index in [1.54, 1.807) is 18.2 Å². The van der Waals surface area contributed by atoms with Crippen LogP contribution in [0, 0.1) is 0 Å². The Labute approximate surface area is 121 Å².